The van der Waals surface area contributed by atoms with Gasteiger partial charge in [-0.05, 0) is 55.9 Å². The van der Waals surface area contributed by atoms with E-state index in [0.717, 1.165) is 41.2 Å². The van der Waals surface area contributed by atoms with Gasteiger partial charge in [-0.3, -0.25) is 9.59 Å². The van der Waals surface area contributed by atoms with Crippen LogP contribution in [-0.2, 0) is 24.3 Å². The Balaban J connectivity index is 1.59. The SMILES string of the molecule is CN(C)Cc1cccc(C(=O)N2CCc3ncn4c3C2c2cccc(c2)OCCCNC(=O)C4)c1. The number of imidazole rings is 1. The molecule has 0 saturated carbocycles. The smallest absolute Gasteiger partial charge is 0.254 e. The minimum atomic E-state index is -0.372. The molecule has 0 radical (unpaired) electrons. The van der Waals surface area contributed by atoms with Crippen molar-refractivity contribution >= 4 is 11.8 Å². The third-order valence-corrected chi connectivity index (χ3v) is 6.45. The number of rotatable bonds is 3. The molecule has 5 rings (SSSR count). The fourth-order valence-corrected chi connectivity index (χ4v) is 4.94. The summed E-state index contributed by atoms with van der Waals surface area (Å²) in [6.07, 6.45) is 3.08. The highest BCUT2D eigenvalue weighted by Gasteiger charge is 2.36. The molecule has 1 N–H and O–H groups in total. The quantitative estimate of drug-likeness (QED) is 0.633. The Labute approximate surface area is 205 Å². The molecule has 3 aromatic rings. The average molecular weight is 474 g/mol. The van der Waals surface area contributed by atoms with Crippen molar-refractivity contribution in [1.29, 1.82) is 0 Å². The summed E-state index contributed by atoms with van der Waals surface area (Å²) in [5.74, 6) is 0.649. The van der Waals surface area contributed by atoms with Crippen molar-refractivity contribution in [3.8, 4) is 5.75 Å². The second-order valence-electron chi connectivity index (χ2n) is 9.42. The number of hydrogen-bond donors (Lipinski definition) is 1. The highest BCUT2D eigenvalue weighted by molar-refractivity contribution is 5.95. The molecule has 2 amide bonds. The Morgan fingerprint density at radius 2 is 2.06 bits per heavy atom. The molecule has 0 aliphatic carbocycles. The summed E-state index contributed by atoms with van der Waals surface area (Å²) in [5, 5.41) is 2.96. The molecule has 0 fully saturated rings. The second-order valence-corrected chi connectivity index (χ2v) is 9.42. The summed E-state index contributed by atoms with van der Waals surface area (Å²) in [7, 11) is 4.03. The Hall–Kier alpha value is -3.65. The van der Waals surface area contributed by atoms with Gasteiger partial charge in [0.2, 0.25) is 5.91 Å². The van der Waals surface area contributed by atoms with E-state index in [9.17, 15) is 9.59 Å². The molecular weight excluding hydrogens is 442 g/mol. The highest BCUT2D eigenvalue weighted by atomic mass is 16.5. The van der Waals surface area contributed by atoms with Crippen LogP contribution in [0.2, 0.25) is 0 Å². The van der Waals surface area contributed by atoms with E-state index in [1.165, 1.54) is 0 Å². The lowest BCUT2D eigenvalue weighted by Crippen LogP contribution is -2.42. The fourth-order valence-electron chi connectivity index (χ4n) is 4.94. The average Bonchev–Trinajstić information content (AvgIpc) is 3.25. The molecule has 182 valence electrons. The summed E-state index contributed by atoms with van der Waals surface area (Å²) < 4.78 is 7.85. The Bertz CT molecular complexity index is 1240. The predicted molar refractivity (Wildman–Crippen MR) is 132 cm³/mol. The maximum Gasteiger partial charge on any atom is 0.254 e. The summed E-state index contributed by atoms with van der Waals surface area (Å²) in [4.78, 5) is 35.2. The van der Waals surface area contributed by atoms with Gasteiger partial charge in [0.05, 0.1) is 30.4 Å². The monoisotopic (exact) mass is 473 g/mol. The third kappa shape index (κ3) is 4.93. The van der Waals surface area contributed by atoms with Crippen LogP contribution in [0.5, 0.6) is 5.75 Å². The first-order valence-corrected chi connectivity index (χ1v) is 12.1. The van der Waals surface area contributed by atoms with Gasteiger partial charge >= 0.3 is 0 Å². The van der Waals surface area contributed by atoms with E-state index in [2.05, 4.69) is 15.2 Å². The van der Waals surface area contributed by atoms with Crippen LogP contribution < -0.4 is 10.1 Å². The van der Waals surface area contributed by atoms with Crippen LogP contribution in [0.3, 0.4) is 0 Å². The van der Waals surface area contributed by atoms with Crippen molar-refractivity contribution in [2.24, 2.45) is 0 Å². The van der Waals surface area contributed by atoms with Crippen LogP contribution in [0.25, 0.3) is 0 Å². The first kappa shape index (κ1) is 23.1. The topological polar surface area (TPSA) is 79.7 Å². The molecule has 0 saturated heterocycles. The van der Waals surface area contributed by atoms with Crippen LogP contribution in [0, 0.1) is 0 Å². The lowest BCUT2D eigenvalue weighted by Gasteiger charge is -2.37. The Morgan fingerprint density at radius 1 is 1.20 bits per heavy atom. The maximum absolute atomic E-state index is 13.9. The van der Waals surface area contributed by atoms with Crippen molar-refractivity contribution in [3.63, 3.8) is 0 Å². The Kier molecular flexibility index (Phi) is 6.55. The normalized spacial score (nSPS) is 18.0. The van der Waals surface area contributed by atoms with Gasteiger partial charge in [-0.15, -0.1) is 0 Å². The molecule has 3 heterocycles. The van der Waals surface area contributed by atoms with Crippen LogP contribution in [0.4, 0.5) is 0 Å². The van der Waals surface area contributed by atoms with Gasteiger partial charge in [0, 0.05) is 31.6 Å². The Morgan fingerprint density at radius 3 is 2.91 bits per heavy atom. The first-order chi connectivity index (χ1) is 17.0. The van der Waals surface area contributed by atoms with E-state index >= 15 is 0 Å². The largest absolute Gasteiger partial charge is 0.494 e. The number of aromatic nitrogens is 2. The van der Waals surface area contributed by atoms with Crippen LogP contribution in [0.15, 0.2) is 54.9 Å². The van der Waals surface area contributed by atoms with Crippen molar-refractivity contribution in [2.75, 3.05) is 33.8 Å². The van der Waals surface area contributed by atoms with Gasteiger partial charge in [0.25, 0.3) is 5.91 Å². The van der Waals surface area contributed by atoms with Crippen LogP contribution in [-0.4, -0.2) is 65.0 Å². The highest BCUT2D eigenvalue weighted by Crippen LogP contribution is 2.37. The summed E-state index contributed by atoms with van der Waals surface area (Å²) >= 11 is 0. The summed E-state index contributed by atoms with van der Waals surface area (Å²) in [6, 6.07) is 15.4. The number of hydrogen-bond acceptors (Lipinski definition) is 5. The van der Waals surface area contributed by atoms with E-state index in [4.69, 9.17) is 4.74 Å². The zero-order valence-electron chi connectivity index (χ0n) is 20.2. The van der Waals surface area contributed by atoms with E-state index in [1.54, 1.807) is 6.33 Å². The molecule has 2 aromatic carbocycles. The van der Waals surface area contributed by atoms with Crippen molar-refractivity contribution in [2.45, 2.75) is 32.0 Å². The van der Waals surface area contributed by atoms with Crippen LogP contribution >= 0.6 is 0 Å². The molecule has 35 heavy (non-hydrogen) atoms. The molecule has 8 nitrogen and oxygen atoms in total. The first-order valence-electron chi connectivity index (χ1n) is 12.1. The van der Waals surface area contributed by atoms with Gasteiger partial charge in [-0.2, -0.15) is 0 Å². The summed E-state index contributed by atoms with van der Waals surface area (Å²) in [6.45, 7) is 2.53. The van der Waals surface area contributed by atoms with Crippen molar-refractivity contribution in [3.05, 3.63) is 82.9 Å². The molecule has 1 unspecified atom stereocenters. The number of amides is 2. The number of carbonyl (C=O) groups excluding carboxylic acids is 2. The molecule has 2 aliphatic rings. The molecule has 2 bridgehead atoms. The van der Waals surface area contributed by atoms with E-state index < -0.39 is 0 Å². The number of nitrogens with one attached hydrogen (secondary N) is 1. The lowest BCUT2D eigenvalue weighted by molar-refractivity contribution is -0.121. The zero-order valence-corrected chi connectivity index (χ0v) is 20.2. The zero-order chi connectivity index (χ0) is 24.4. The number of ether oxygens (including phenoxy) is 1. The molecular formula is C27H31N5O3. The molecule has 1 aromatic heterocycles. The van der Waals surface area contributed by atoms with Gasteiger partial charge in [-0.25, -0.2) is 4.98 Å². The van der Waals surface area contributed by atoms with E-state index in [1.807, 2.05) is 72.1 Å². The number of nitrogens with zero attached hydrogens (tertiary/aromatic N) is 4. The van der Waals surface area contributed by atoms with Gasteiger partial charge in [0.15, 0.2) is 0 Å². The second kappa shape index (κ2) is 9.92. The number of carbonyl (C=O) groups is 2. The molecule has 1 atom stereocenters. The predicted octanol–water partition coefficient (Wildman–Crippen LogP) is 2.63. The maximum atomic E-state index is 13.9. The standard InChI is InChI=1S/C27H31N5O3/c1-30(2)16-19-6-3-8-21(14-19)27(34)32-12-10-23-26-25(32)20-7-4-9-22(15-20)35-13-5-11-28-24(33)17-31(26)18-29-23/h3-4,6-9,14-15,18,25H,5,10-13,16-17H2,1-2H3,(H,28,33). The van der Waals surface area contributed by atoms with Crippen molar-refractivity contribution < 1.29 is 14.3 Å². The molecule has 2 aliphatic heterocycles. The number of fused-ring (bicyclic) bond motifs is 3. The number of benzene rings is 2. The minimum Gasteiger partial charge on any atom is -0.494 e. The van der Waals surface area contributed by atoms with Gasteiger partial charge < -0.3 is 24.4 Å². The third-order valence-electron chi connectivity index (χ3n) is 6.45. The van der Waals surface area contributed by atoms with E-state index in [-0.39, 0.29) is 24.4 Å². The van der Waals surface area contributed by atoms with E-state index in [0.29, 0.717) is 31.7 Å². The molecule has 0 spiro atoms. The lowest BCUT2D eigenvalue weighted by atomic mass is 9.94. The van der Waals surface area contributed by atoms with Crippen molar-refractivity contribution in [1.82, 2.24) is 24.7 Å². The van der Waals surface area contributed by atoms with Crippen LogP contribution in [0.1, 0.15) is 45.3 Å². The minimum absolute atomic E-state index is 0.0332. The van der Waals surface area contributed by atoms with Gasteiger partial charge in [0.1, 0.15) is 12.3 Å². The fraction of sp³-hybridized carbons (Fsp3) is 0.370. The molecule has 8 heteroatoms. The van der Waals surface area contributed by atoms with Gasteiger partial charge in [-0.1, -0.05) is 24.3 Å². The summed E-state index contributed by atoms with van der Waals surface area (Å²) in [5.41, 5.74) is 4.51.